The van der Waals surface area contributed by atoms with E-state index in [1.807, 2.05) is 11.8 Å². The Labute approximate surface area is 77.8 Å². The van der Waals surface area contributed by atoms with Gasteiger partial charge in [-0.1, -0.05) is 0 Å². The van der Waals surface area contributed by atoms with Crippen LogP contribution < -0.4 is 0 Å². The van der Waals surface area contributed by atoms with Gasteiger partial charge in [0.2, 0.25) is 0 Å². The zero-order valence-electron chi connectivity index (χ0n) is 7.73. The molecular weight excluding hydrogens is 168 g/mol. The molecule has 0 spiro atoms. The number of rotatable bonds is 2. The van der Waals surface area contributed by atoms with Crippen molar-refractivity contribution in [2.75, 3.05) is 13.1 Å². The Kier molecular flexibility index (Phi) is 3.26. The molecule has 72 valence electrons. The number of hydrogen-bond acceptors (Lipinski definition) is 3. The Hall–Kier alpha value is -1.08. The summed E-state index contributed by atoms with van der Waals surface area (Å²) in [5.41, 5.74) is 0. The average molecular weight is 182 g/mol. The lowest BCUT2D eigenvalue weighted by Gasteiger charge is -2.32. The highest BCUT2D eigenvalue weighted by Gasteiger charge is 2.27. The predicted octanol–water partition coefficient (Wildman–Crippen LogP) is 0.695. The fourth-order valence-corrected chi connectivity index (χ4v) is 1.64. The molecule has 0 aliphatic carbocycles. The van der Waals surface area contributed by atoms with Gasteiger partial charge in [0.05, 0.1) is 18.0 Å². The van der Waals surface area contributed by atoms with E-state index in [0.717, 1.165) is 19.4 Å². The average Bonchev–Trinajstić information content (AvgIpc) is 2.17. The van der Waals surface area contributed by atoms with Crippen molar-refractivity contribution in [3.63, 3.8) is 0 Å². The summed E-state index contributed by atoms with van der Waals surface area (Å²) >= 11 is 0. The van der Waals surface area contributed by atoms with Gasteiger partial charge in [-0.2, -0.15) is 5.26 Å². The maximum atomic E-state index is 10.7. The number of carboxylic acids is 1. The molecule has 0 aromatic heterocycles. The number of aliphatic carboxylic acids is 1. The first kappa shape index (κ1) is 10.0. The molecule has 2 atom stereocenters. The lowest BCUT2D eigenvalue weighted by atomic mass is 9.97. The number of carbonyl (C=O) groups is 1. The van der Waals surface area contributed by atoms with Crippen LogP contribution in [0.25, 0.3) is 0 Å². The minimum atomic E-state index is -0.741. The van der Waals surface area contributed by atoms with Gasteiger partial charge in [0.15, 0.2) is 0 Å². The maximum Gasteiger partial charge on any atom is 0.307 e. The summed E-state index contributed by atoms with van der Waals surface area (Å²) in [7, 11) is 0. The fraction of sp³-hybridized carbons (Fsp3) is 0.778. The second-order valence-electron chi connectivity index (χ2n) is 3.48. The van der Waals surface area contributed by atoms with E-state index in [9.17, 15) is 4.79 Å². The fourth-order valence-electron chi connectivity index (χ4n) is 1.64. The van der Waals surface area contributed by atoms with Crippen molar-refractivity contribution in [1.29, 1.82) is 5.26 Å². The molecule has 1 aliphatic rings. The Balaban J connectivity index is 2.52. The summed E-state index contributed by atoms with van der Waals surface area (Å²) in [5.74, 6) is -1.03. The van der Waals surface area contributed by atoms with Crippen molar-refractivity contribution in [2.24, 2.45) is 5.92 Å². The quantitative estimate of drug-likeness (QED) is 0.682. The largest absolute Gasteiger partial charge is 0.481 e. The number of piperidine rings is 1. The van der Waals surface area contributed by atoms with E-state index < -0.39 is 5.97 Å². The van der Waals surface area contributed by atoms with E-state index >= 15 is 0 Å². The molecule has 1 N–H and O–H groups in total. The third-order valence-corrected chi connectivity index (χ3v) is 2.54. The Bertz CT molecular complexity index is 234. The predicted molar refractivity (Wildman–Crippen MR) is 47.0 cm³/mol. The second-order valence-corrected chi connectivity index (χ2v) is 3.48. The van der Waals surface area contributed by atoms with E-state index in [4.69, 9.17) is 10.4 Å². The van der Waals surface area contributed by atoms with E-state index in [0.29, 0.717) is 6.54 Å². The molecule has 0 saturated carbocycles. The second kappa shape index (κ2) is 4.24. The minimum Gasteiger partial charge on any atom is -0.481 e. The van der Waals surface area contributed by atoms with Gasteiger partial charge in [-0.25, -0.2) is 0 Å². The van der Waals surface area contributed by atoms with Gasteiger partial charge in [0.1, 0.15) is 0 Å². The Morgan fingerprint density at radius 2 is 2.46 bits per heavy atom. The normalized spacial score (nSPS) is 26.3. The van der Waals surface area contributed by atoms with Gasteiger partial charge in [0, 0.05) is 6.54 Å². The first-order chi connectivity index (χ1) is 6.15. The SMILES string of the molecule is CC(C#N)N1CCCC(C(=O)O)C1. The molecule has 0 bridgehead atoms. The van der Waals surface area contributed by atoms with Crippen molar-refractivity contribution in [3.8, 4) is 6.07 Å². The number of nitrogens with zero attached hydrogens (tertiary/aromatic N) is 2. The summed E-state index contributed by atoms with van der Waals surface area (Å²) in [6, 6.07) is 1.96. The standard InChI is InChI=1S/C9H14N2O2/c1-7(5-10)11-4-2-3-8(6-11)9(12)13/h7-8H,2-4,6H2,1H3,(H,12,13). The van der Waals surface area contributed by atoms with Crippen LogP contribution >= 0.6 is 0 Å². The van der Waals surface area contributed by atoms with Crippen molar-refractivity contribution in [3.05, 3.63) is 0 Å². The molecule has 0 radical (unpaired) electrons. The highest BCUT2D eigenvalue weighted by Crippen LogP contribution is 2.18. The van der Waals surface area contributed by atoms with Crippen molar-refractivity contribution in [2.45, 2.75) is 25.8 Å². The summed E-state index contributed by atoms with van der Waals surface area (Å²) in [4.78, 5) is 12.6. The Morgan fingerprint density at radius 1 is 1.77 bits per heavy atom. The third kappa shape index (κ3) is 2.43. The van der Waals surface area contributed by atoms with Crippen molar-refractivity contribution >= 4 is 5.97 Å². The van der Waals surface area contributed by atoms with Gasteiger partial charge in [-0.15, -0.1) is 0 Å². The maximum absolute atomic E-state index is 10.7. The van der Waals surface area contributed by atoms with Crippen LogP contribution in [0, 0.1) is 17.2 Å². The third-order valence-electron chi connectivity index (χ3n) is 2.54. The monoisotopic (exact) mass is 182 g/mol. The Morgan fingerprint density at radius 3 is 3.00 bits per heavy atom. The van der Waals surface area contributed by atoms with E-state index in [-0.39, 0.29) is 12.0 Å². The van der Waals surface area contributed by atoms with E-state index in [1.54, 1.807) is 0 Å². The highest BCUT2D eigenvalue weighted by atomic mass is 16.4. The molecule has 1 aliphatic heterocycles. The molecule has 13 heavy (non-hydrogen) atoms. The van der Waals surface area contributed by atoms with Crippen LogP contribution in [-0.2, 0) is 4.79 Å². The summed E-state index contributed by atoms with van der Waals surface area (Å²) < 4.78 is 0. The molecule has 0 aromatic carbocycles. The molecule has 4 nitrogen and oxygen atoms in total. The van der Waals surface area contributed by atoms with Crippen LogP contribution in [0.3, 0.4) is 0 Å². The van der Waals surface area contributed by atoms with Gasteiger partial charge in [-0.05, 0) is 26.3 Å². The van der Waals surface area contributed by atoms with Crippen LogP contribution in [0.5, 0.6) is 0 Å². The minimum absolute atomic E-state index is 0.165. The summed E-state index contributed by atoms with van der Waals surface area (Å²) in [5, 5.41) is 17.5. The molecule has 4 heteroatoms. The topological polar surface area (TPSA) is 64.3 Å². The van der Waals surface area contributed by atoms with Crippen LogP contribution in [0.15, 0.2) is 0 Å². The summed E-state index contributed by atoms with van der Waals surface area (Å²) in [6.45, 7) is 3.17. The lowest BCUT2D eigenvalue weighted by molar-refractivity contribution is -0.143. The van der Waals surface area contributed by atoms with Gasteiger partial charge in [-0.3, -0.25) is 9.69 Å². The molecule has 0 amide bonds. The molecule has 0 aromatic rings. The van der Waals surface area contributed by atoms with E-state index in [2.05, 4.69) is 6.07 Å². The molecular formula is C9H14N2O2. The smallest absolute Gasteiger partial charge is 0.307 e. The zero-order valence-corrected chi connectivity index (χ0v) is 7.73. The van der Waals surface area contributed by atoms with Crippen molar-refractivity contribution in [1.82, 2.24) is 4.90 Å². The highest BCUT2D eigenvalue weighted by molar-refractivity contribution is 5.70. The molecule has 1 fully saturated rings. The van der Waals surface area contributed by atoms with Crippen LogP contribution in [0.1, 0.15) is 19.8 Å². The first-order valence-corrected chi connectivity index (χ1v) is 4.51. The van der Waals surface area contributed by atoms with E-state index in [1.165, 1.54) is 0 Å². The molecule has 1 heterocycles. The van der Waals surface area contributed by atoms with Crippen LogP contribution in [-0.4, -0.2) is 35.1 Å². The number of likely N-dealkylation sites (tertiary alicyclic amines) is 1. The zero-order chi connectivity index (χ0) is 9.84. The molecule has 2 unspecified atom stereocenters. The number of hydrogen-bond donors (Lipinski definition) is 1. The van der Waals surface area contributed by atoms with Crippen LogP contribution in [0.2, 0.25) is 0 Å². The summed E-state index contributed by atoms with van der Waals surface area (Å²) in [6.07, 6.45) is 1.62. The van der Waals surface area contributed by atoms with Gasteiger partial charge >= 0.3 is 5.97 Å². The van der Waals surface area contributed by atoms with Crippen molar-refractivity contribution < 1.29 is 9.90 Å². The van der Waals surface area contributed by atoms with Gasteiger partial charge in [0.25, 0.3) is 0 Å². The molecule has 1 rings (SSSR count). The van der Waals surface area contributed by atoms with Gasteiger partial charge < -0.3 is 5.11 Å². The lowest BCUT2D eigenvalue weighted by Crippen LogP contribution is -2.42. The number of carboxylic acid groups (broad SMARTS) is 1. The van der Waals surface area contributed by atoms with Crippen LogP contribution in [0.4, 0.5) is 0 Å². The molecule has 1 saturated heterocycles. The first-order valence-electron chi connectivity index (χ1n) is 4.51. The number of nitriles is 1.